The second-order valence-corrected chi connectivity index (χ2v) is 6.49. The van der Waals surface area contributed by atoms with Crippen LogP contribution in [0.1, 0.15) is 5.69 Å². The van der Waals surface area contributed by atoms with Crippen molar-refractivity contribution in [2.24, 2.45) is 7.05 Å². The number of fused-ring (bicyclic) bond motifs is 1. The summed E-state index contributed by atoms with van der Waals surface area (Å²) < 4.78 is 9.44. The molecule has 0 aliphatic carbocycles. The van der Waals surface area contributed by atoms with Crippen molar-refractivity contribution in [3.05, 3.63) is 78.5 Å². The molecule has 0 saturated heterocycles. The predicted molar refractivity (Wildman–Crippen MR) is 107 cm³/mol. The highest BCUT2D eigenvalue weighted by molar-refractivity contribution is 5.78. The average molecular weight is 383 g/mol. The van der Waals surface area contributed by atoms with E-state index in [1.165, 1.54) is 0 Å². The van der Waals surface area contributed by atoms with Crippen molar-refractivity contribution in [2.75, 3.05) is 0 Å². The highest BCUT2D eigenvalue weighted by atomic mass is 16.5. The molecule has 8 nitrogen and oxygen atoms in total. The molecule has 0 unspecified atom stereocenters. The Kier molecular flexibility index (Phi) is 4.21. The van der Waals surface area contributed by atoms with Gasteiger partial charge in [-0.3, -0.25) is 0 Å². The Hall–Kier alpha value is -4.07. The van der Waals surface area contributed by atoms with E-state index in [9.17, 15) is 0 Å². The first-order chi connectivity index (χ1) is 14.3. The Morgan fingerprint density at radius 1 is 0.862 bits per heavy atom. The predicted octanol–water partition coefficient (Wildman–Crippen LogP) is 3.19. The SMILES string of the molecule is Cn1nnnc1-n1c(OCc2cccc(-c3ccccc3)n2)nc2ccccc21. The van der Waals surface area contributed by atoms with Gasteiger partial charge in [0.2, 0.25) is 0 Å². The number of ether oxygens (including phenoxy) is 1. The largest absolute Gasteiger partial charge is 0.458 e. The molecule has 5 aromatic rings. The zero-order valence-electron chi connectivity index (χ0n) is 15.7. The maximum absolute atomic E-state index is 6.06. The van der Waals surface area contributed by atoms with E-state index in [1.807, 2.05) is 72.8 Å². The molecule has 0 aliphatic heterocycles. The van der Waals surface area contributed by atoms with Gasteiger partial charge in [-0.15, -0.1) is 0 Å². The van der Waals surface area contributed by atoms with Crippen LogP contribution in [0.15, 0.2) is 72.8 Å². The quantitative estimate of drug-likeness (QED) is 0.463. The minimum atomic E-state index is 0.273. The lowest BCUT2D eigenvalue weighted by Crippen LogP contribution is -2.08. The van der Waals surface area contributed by atoms with Crippen molar-refractivity contribution in [2.45, 2.75) is 6.61 Å². The van der Waals surface area contributed by atoms with Crippen molar-refractivity contribution >= 4 is 11.0 Å². The normalized spacial score (nSPS) is 11.1. The molecule has 0 N–H and O–H groups in total. The molecule has 0 radical (unpaired) electrons. The number of hydrogen-bond acceptors (Lipinski definition) is 6. The van der Waals surface area contributed by atoms with Crippen LogP contribution in [0.5, 0.6) is 6.01 Å². The molecule has 8 heteroatoms. The second-order valence-electron chi connectivity index (χ2n) is 6.49. The number of hydrogen-bond donors (Lipinski definition) is 0. The molecule has 0 saturated carbocycles. The van der Waals surface area contributed by atoms with Gasteiger partial charge in [-0.05, 0) is 34.7 Å². The Morgan fingerprint density at radius 3 is 2.52 bits per heavy atom. The summed E-state index contributed by atoms with van der Waals surface area (Å²) in [5.41, 5.74) is 4.44. The zero-order chi connectivity index (χ0) is 19.6. The summed E-state index contributed by atoms with van der Waals surface area (Å²) in [6.45, 7) is 0.273. The number of nitrogens with zero attached hydrogens (tertiary/aromatic N) is 7. The van der Waals surface area contributed by atoms with Crippen LogP contribution < -0.4 is 4.74 Å². The maximum atomic E-state index is 6.06. The van der Waals surface area contributed by atoms with Crippen LogP contribution in [0.4, 0.5) is 0 Å². The lowest BCUT2D eigenvalue weighted by molar-refractivity contribution is 0.272. The van der Waals surface area contributed by atoms with Gasteiger partial charge in [-0.25, -0.2) is 14.2 Å². The third kappa shape index (κ3) is 3.20. The van der Waals surface area contributed by atoms with Crippen LogP contribution in [-0.4, -0.2) is 34.7 Å². The number of aryl methyl sites for hydroxylation is 1. The molecule has 0 aliphatic rings. The van der Waals surface area contributed by atoms with Gasteiger partial charge in [0.05, 0.1) is 22.4 Å². The fraction of sp³-hybridized carbons (Fsp3) is 0.0952. The summed E-state index contributed by atoms with van der Waals surface area (Å²) in [5.74, 6) is 0.527. The van der Waals surface area contributed by atoms with Crippen LogP contribution in [0.25, 0.3) is 28.2 Å². The first-order valence-corrected chi connectivity index (χ1v) is 9.14. The number of imidazole rings is 1. The molecule has 0 bridgehead atoms. The van der Waals surface area contributed by atoms with E-state index in [-0.39, 0.29) is 6.61 Å². The summed E-state index contributed by atoms with van der Waals surface area (Å²) >= 11 is 0. The summed E-state index contributed by atoms with van der Waals surface area (Å²) in [7, 11) is 1.78. The number of benzene rings is 2. The van der Waals surface area contributed by atoms with E-state index < -0.39 is 0 Å². The van der Waals surface area contributed by atoms with Gasteiger partial charge in [0, 0.05) is 12.6 Å². The standard InChI is InChI=1S/C21H17N7O/c1-27-20(24-25-26-27)28-19-13-6-5-11-18(19)23-21(28)29-14-16-10-7-12-17(22-16)15-8-3-2-4-9-15/h2-13H,14H2,1H3. The molecule has 142 valence electrons. The third-order valence-corrected chi connectivity index (χ3v) is 4.55. The van der Waals surface area contributed by atoms with Gasteiger partial charge in [-0.2, -0.15) is 4.98 Å². The number of rotatable bonds is 5. The summed E-state index contributed by atoms with van der Waals surface area (Å²) in [5, 5.41) is 11.8. The van der Waals surface area contributed by atoms with Crippen molar-refractivity contribution < 1.29 is 4.74 Å². The van der Waals surface area contributed by atoms with Gasteiger partial charge < -0.3 is 4.74 Å². The lowest BCUT2D eigenvalue weighted by Gasteiger charge is -2.09. The van der Waals surface area contributed by atoms with E-state index in [0.29, 0.717) is 12.0 Å². The summed E-state index contributed by atoms with van der Waals surface area (Å²) in [6, 6.07) is 24.1. The topological polar surface area (TPSA) is 83.5 Å². The van der Waals surface area contributed by atoms with E-state index in [1.54, 1.807) is 16.3 Å². The molecule has 0 fully saturated rings. The van der Waals surface area contributed by atoms with Crippen LogP contribution in [0.3, 0.4) is 0 Å². The van der Waals surface area contributed by atoms with Crippen LogP contribution in [0, 0.1) is 0 Å². The van der Waals surface area contributed by atoms with Gasteiger partial charge in [0.1, 0.15) is 6.61 Å². The molecule has 2 aromatic carbocycles. The fourth-order valence-corrected chi connectivity index (χ4v) is 3.18. The molecule has 0 amide bonds. The fourth-order valence-electron chi connectivity index (χ4n) is 3.18. The van der Waals surface area contributed by atoms with E-state index in [0.717, 1.165) is 28.0 Å². The van der Waals surface area contributed by atoms with Crippen LogP contribution >= 0.6 is 0 Å². The summed E-state index contributed by atoms with van der Waals surface area (Å²) in [6.07, 6.45) is 0. The van der Waals surface area contributed by atoms with Crippen molar-refractivity contribution in [1.82, 2.24) is 34.7 Å². The number of pyridine rings is 1. The second kappa shape index (κ2) is 7.16. The van der Waals surface area contributed by atoms with Gasteiger partial charge in [0.25, 0.3) is 5.95 Å². The first kappa shape index (κ1) is 17.1. The molecular weight excluding hydrogens is 366 g/mol. The lowest BCUT2D eigenvalue weighted by atomic mass is 10.1. The van der Waals surface area contributed by atoms with Gasteiger partial charge >= 0.3 is 6.01 Å². The number of para-hydroxylation sites is 2. The zero-order valence-corrected chi connectivity index (χ0v) is 15.7. The maximum Gasteiger partial charge on any atom is 0.305 e. The molecule has 0 atom stereocenters. The highest BCUT2D eigenvalue weighted by Crippen LogP contribution is 2.25. The number of tetrazole rings is 1. The molecule has 29 heavy (non-hydrogen) atoms. The minimum Gasteiger partial charge on any atom is -0.458 e. The Morgan fingerprint density at radius 2 is 1.69 bits per heavy atom. The smallest absolute Gasteiger partial charge is 0.305 e. The third-order valence-electron chi connectivity index (χ3n) is 4.55. The van der Waals surface area contributed by atoms with E-state index in [4.69, 9.17) is 9.72 Å². The van der Waals surface area contributed by atoms with E-state index in [2.05, 4.69) is 20.5 Å². The van der Waals surface area contributed by atoms with Crippen LogP contribution in [0.2, 0.25) is 0 Å². The average Bonchev–Trinajstić information content (AvgIpc) is 3.35. The minimum absolute atomic E-state index is 0.273. The van der Waals surface area contributed by atoms with Crippen LogP contribution in [-0.2, 0) is 13.7 Å². The van der Waals surface area contributed by atoms with Crippen molar-refractivity contribution in [3.63, 3.8) is 0 Å². The Bertz CT molecular complexity index is 1280. The van der Waals surface area contributed by atoms with Gasteiger partial charge in [0.15, 0.2) is 0 Å². The molecule has 0 spiro atoms. The Labute approximate surface area is 166 Å². The molecular formula is C21H17N7O. The van der Waals surface area contributed by atoms with Gasteiger partial charge in [-0.1, -0.05) is 53.6 Å². The van der Waals surface area contributed by atoms with Crippen molar-refractivity contribution in [1.29, 1.82) is 0 Å². The Balaban J connectivity index is 1.48. The first-order valence-electron chi connectivity index (χ1n) is 9.14. The van der Waals surface area contributed by atoms with E-state index >= 15 is 0 Å². The highest BCUT2D eigenvalue weighted by Gasteiger charge is 2.18. The molecule has 3 heterocycles. The molecule has 3 aromatic heterocycles. The van der Waals surface area contributed by atoms with Crippen molar-refractivity contribution in [3.8, 4) is 23.2 Å². The monoisotopic (exact) mass is 383 g/mol. The summed E-state index contributed by atoms with van der Waals surface area (Å²) in [4.78, 5) is 9.32. The molecule has 5 rings (SSSR count). The number of aromatic nitrogens is 7.